The molecule has 82 valence electrons. The normalized spacial score (nSPS) is 11.3. The van der Waals surface area contributed by atoms with E-state index < -0.39 is 10.0 Å². The van der Waals surface area contributed by atoms with Gasteiger partial charge in [0, 0.05) is 0 Å². The molecule has 0 unspecified atom stereocenters. The Hall–Kier alpha value is -1.23. The smallest absolute Gasteiger partial charge is 0.196 e. The number of rotatable bonds is 5. The van der Waals surface area contributed by atoms with Gasteiger partial charge in [-0.2, -0.15) is 8.42 Å². The van der Waals surface area contributed by atoms with E-state index in [9.17, 15) is 13.3 Å². The number of nitroso groups, excluding NO2 is 1. The number of aryl methyl sites for hydroxylation is 1. The van der Waals surface area contributed by atoms with E-state index in [-0.39, 0.29) is 4.90 Å². The lowest BCUT2D eigenvalue weighted by Gasteiger charge is -2.00. The van der Waals surface area contributed by atoms with Crippen LogP contribution in [0.1, 0.15) is 25.3 Å². The first-order chi connectivity index (χ1) is 7.10. The van der Waals surface area contributed by atoms with Crippen molar-refractivity contribution in [3.05, 3.63) is 34.7 Å². The van der Waals surface area contributed by atoms with Crippen molar-refractivity contribution in [3.8, 4) is 0 Å². The number of hydrogen-bond donors (Lipinski definition) is 0. The summed E-state index contributed by atoms with van der Waals surface area (Å²) in [6, 6.07) is 6.27. The van der Waals surface area contributed by atoms with Crippen molar-refractivity contribution in [2.24, 2.45) is 4.58 Å². The van der Waals surface area contributed by atoms with E-state index in [4.69, 9.17) is 0 Å². The number of unbranched alkanes of at least 4 members (excludes halogenated alkanes) is 1. The van der Waals surface area contributed by atoms with Gasteiger partial charge in [0.1, 0.15) is 0 Å². The average molecular weight is 227 g/mol. The maximum Gasteiger partial charge on any atom is 0.316 e. The lowest BCUT2D eigenvalue weighted by molar-refractivity contribution is 0.597. The van der Waals surface area contributed by atoms with E-state index >= 15 is 0 Å². The van der Waals surface area contributed by atoms with Gasteiger partial charge in [-0.25, -0.2) is 0 Å². The first kappa shape index (κ1) is 11.8. The molecule has 0 radical (unpaired) electrons. The van der Waals surface area contributed by atoms with Gasteiger partial charge in [-0.15, -0.1) is 4.91 Å². The summed E-state index contributed by atoms with van der Waals surface area (Å²) < 4.78 is 24.2. The van der Waals surface area contributed by atoms with E-state index in [1.165, 1.54) is 12.1 Å². The summed E-state index contributed by atoms with van der Waals surface area (Å²) in [7, 11) is -3.97. The molecule has 0 amide bonds. The van der Waals surface area contributed by atoms with Crippen LogP contribution in [0, 0.1) is 4.91 Å². The van der Waals surface area contributed by atoms with Crippen LogP contribution in [-0.2, 0) is 16.4 Å². The van der Waals surface area contributed by atoms with Crippen LogP contribution in [0.5, 0.6) is 0 Å². The van der Waals surface area contributed by atoms with Crippen LogP contribution in [0.4, 0.5) is 0 Å². The monoisotopic (exact) mass is 227 g/mol. The van der Waals surface area contributed by atoms with Crippen molar-refractivity contribution in [1.29, 1.82) is 0 Å². The Labute approximate surface area is 89.3 Å². The minimum absolute atomic E-state index is 0.0438. The van der Waals surface area contributed by atoms with Crippen LogP contribution in [0.15, 0.2) is 33.7 Å². The minimum Gasteiger partial charge on any atom is -0.196 e. The summed E-state index contributed by atoms with van der Waals surface area (Å²) in [5.41, 5.74) is 1.07. The third-order valence-electron chi connectivity index (χ3n) is 2.14. The maximum absolute atomic E-state index is 11.0. The summed E-state index contributed by atoms with van der Waals surface area (Å²) in [6.45, 7) is 2.09. The molecule has 0 aliphatic carbocycles. The molecule has 5 heteroatoms. The van der Waals surface area contributed by atoms with Gasteiger partial charge in [0.2, 0.25) is 0 Å². The average Bonchev–Trinajstić information content (AvgIpc) is 2.27. The molecule has 0 aromatic heterocycles. The molecular weight excluding hydrogens is 214 g/mol. The zero-order chi connectivity index (χ0) is 11.3. The minimum atomic E-state index is -3.97. The fourth-order valence-corrected chi connectivity index (χ4v) is 1.82. The first-order valence-electron chi connectivity index (χ1n) is 4.78. The Bertz CT molecular complexity index is 422. The van der Waals surface area contributed by atoms with Crippen molar-refractivity contribution >= 4 is 10.0 Å². The molecule has 0 saturated carbocycles. The highest BCUT2D eigenvalue weighted by Gasteiger charge is 2.12. The molecule has 1 aromatic rings. The number of sulfonamides is 1. The van der Waals surface area contributed by atoms with Crippen LogP contribution >= 0.6 is 0 Å². The highest BCUT2D eigenvalue weighted by atomic mass is 32.2. The maximum atomic E-state index is 11.0. The van der Waals surface area contributed by atoms with E-state index in [0.717, 1.165) is 24.8 Å². The SMILES string of the molecule is CCCCc1ccc(S(=O)(=O)N=O)cc1. The first-order valence-corrected chi connectivity index (χ1v) is 6.22. The van der Waals surface area contributed by atoms with Crippen LogP contribution < -0.4 is 0 Å². The van der Waals surface area contributed by atoms with Gasteiger partial charge < -0.3 is 0 Å². The predicted octanol–water partition coefficient (Wildman–Crippen LogP) is 2.48. The van der Waals surface area contributed by atoms with E-state index in [1.807, 2.05) is 0 Å². The Kier molecular flexibility index (Phi) is 3.96. The second-order valence-corrected chi connectivity index (χ2v) is 4.87. The second kappa shape index (κ2) is 5.02. The lowest BCUT2D eigenvalue weighted by atomic mass is 10.1. The molecule has 0 spiro atoms. The van der Waals surface area contributed by atoms with E-state index in [2.05, 4.69) is 11.5 Å². The Morgan fingerprint density at radius 2 is 1.80 bits per heavy atom. The highest BCUT2D eigenvalue weighted by molar-refractivity contribution is 7.90. The second-order valence-electron chi connectivity index (χ2n) is 3.30. The third kappa shape index (κ3) is 3.13. The van der Waals surface area contributed by atoms with Gasteiger partial charge in [0.25, 0.3) is 0 Å². The molecule has 0 saturated heterocycles. The molecule has 1 aromatic carbocycles. The number of nitrogens with zero attached hydrogens (tertiary/aromatic N) is 1. The summed E-state index contributed by atoms with van der Waals surface area (Å²) in [6.07, 6.45) is 3.08. The van der Waals surface area contributed by atoms with Gasteiger partial charge in [0.15, 0.2) is 0 Å². The molecule has 0 heterocycles. The van der Waals surface area contributed by atoms with Crippen LogP contribution in [-0.4, -0.2) is 8.42 Å². The molecular formula is C10H13NO3S. The van der Waals surface area contributed by atoms with Crippen molar-refractivity contribution < 1.29 is 8.42 Å². The molecule has 4 nitrogen and oxygen atoms in total. The molecule has 0 aliphatic heterocycles. The summed E-state index contributed by atoms with van der Waals surface area (Å²) in [5.74, 6) is 0. The molecule has 0 bridgehead atoms. The predicted molar refractivity (Wildman–Crippen MR) is 58.0 cm³/mol. The standard InChI is InChI=1S/C10H13NO3S/c1-2-3-4-9-5-7-10(8-6-9)15(13,14)11-12/h5-8H,2-4H2,1H3. The van der Waals surface area contributed by atoms with Crippen LogP contribution in [0.25, 0.3) is 0 Å². The topological polar surface area (TPSA) is 63.6 Å². The number of benzene rings is 1. The van der Waals surface area contributed by atoms with Gasteiger partial charge in [-0.1, -0.05) is 25.5 Å². The molecule has 1 rings (SSSR count). The summed E-state index contributed by atoms with van der Waals surface area (Å²) in [4.78, 5) is 10.0. The molecule has 15 heavy (non-hydrogen) atoms. The fraction of sp³-hybridized carbons (Fsp3) is 0.400. The van der Waals surface area contributed by atoms with Crippen molar-refractivity contribution in [2.75, 3.05) is 0 Å². The zero-order valence-electron chi connectivity index (χ0n) is 8.51. The van der Waals surface area contributed by atoms with Gasteiger partial charge >= 0.3 is 10.0 Å². The van der Waals surface area contributed by atoms with Gasteiger partial charge in [-0.3, -0.25) is 0 Å². The highest BCUT2D eigenvalue weighted by Crippen LogP contribution is 2.14. The molecule has 0 N–H and O–H groups in total. The van der Waals surface area contributed by atoms with E-state index in [0.29, 0.717) is 0 Å². The van der Waals surface area contributed by atoms with Gasteiger partial charge in [-0.05, 0) is 30.5 Å². The van der Waals surface area contributed by atoms with Gasteiger partial charge in [0.05, 0.1) is 9.48 Å². The van der Waals surface area contributed by atoms with Crippen molar-refractivity contribution in [3.63, 3.8) is 0 Å². The quantitative estimate of drug-likeness (QED) is 0.726. The van der Waals surface area contributed by atoms with Crippen LogP contribution in [0.2, 0.25) is 0 Å². The zero-order valence-corrected chi connectivity index (χ0v) is 9.33. The lowest BCUT2D eigenvalue weighted by Crippen LogP contribution is -1.95. The van der Waals surface area contributed by atoms with Crippen molar-refractivity contribution in [2.45, 2.75) is 31.1 Å². The Balaban J connectivity index is 2.86. The third-order valence-corrected chi connectivity index (χ3v) is 3.20. The summed E-state index contributed by atoms with van der Waals surface area (Å²) in [5, 5.41) is 0. The number of hydrogen-bond acceptors (Lipinski definition) is 3. The Morgan fingerprint density at radius 1 is 1.20 bits per heavy atom. The summed E-state index contributed by atoms with van der Waals surface area (Å²) >= 11 is 0. The van der Waals surface area contributed by atoms with Crippen LogP contribution in [0.3, 0.4) is 0 Å². The molecule has 0 aliphatic rings. The molecule has 0 fully saturated rings. The van der Waals surface area contributed by atoms with E-state index in [1.54, 1.807) is 12.1 Å². The van der Waals surface area contributed by atoms with Crippen molar-refractivity contribution in [1.82, 2.24) is 0 Å². The Morgan fingerprint density at radius 3 is 2.27 bits per heavy atom. The largest absolute Gasteiger partial charge is 0.316 e. The molecule has 0 atom stereocenters. The fourth-order valence-electron chi connectivity index (χ4n) is 1.25.